The maximum absolute atomic E-state index is 11.4. The van der Waals surface area contributed by atoms with Crippen LogP contribution in [0.2, 0.25) is 0 Å². The quantitative estimate of drug-likeness (QED) is 0.715. The third-order valence-electron chi connectivity index (χ3n) is 2.95. The van der Waals surface area contributed by atoms with Crippen LogP contribution in [0, 0.1) is 5.92 Å². The summed E-state index contributed by atoms with van der Waals surface area (Å²) in [6.07, 6.45) is 5.38. The minimum Gasteiger partial charge on any atom is -0.354 e. The van der Waals surface area contributed by atoms with E-state index in [2.05, 4.69) is 5.32 Å². The molecule has 2 aliphatic carbocycles. The molecule has 2 fully saturated rings. The van der Waals surface area contributed by atoms with Crippen molar-refractivity contribution in [2.75, 3.05) is 6.54 Å². The first-order valence-electron chi connectivity index (χ1n) is 4.78. The number of rotatable bonds is 3. The van der Waals surface area contributed by atoms with Crippen LogP contribution in [0.4, 0.5) is 0 Å². The van der Waals surface area contributed by atoms with Gasteiger partial charge in [0.2, 0.25) is 5.91 Å². The van der Waals surface area contributed by atoms with Crippen LogP contribution in [0.15, 0.2) is 0 Å². The van der Waals surface area contributed by atoms with E-state index in [-0.39, 0.29) is 18.3 Å². The van der Waals surface area contributed by atoms with E-state index in [4.69, 9.17) is 5.73 Å². The Labute approximate surface area is 84.9 Å². The molecule has 0 bridgehead atoms. The molecule has 0 heterocycles. The van der Waals surface area contributed by atoms with E-state index in [9.17, 15) is 4.79 Å². The Morgan fingerprint density at radius 3 is 2.46 bits per heavy atom. The number of amides is 1. The molecule has 13 heavy (non-hydrogen) atoms. The van der Waals surface area contributed by atoms with Crippen molar-refractivity contribution >= 4 is 18.3 Å². The van der Waals surface area contributed by atoms with Crippen molar-refractivity contribution in [3.8, 4) is 0 Å². The summed E-state index contributed by atoms with van der Waals surface area (Å²) in [7, 11) is 0. The highest BCUT2D eigenvalue weighted by Crippen LogP contribution is 2.30. The smallest absolute Gasteiger partial charge is 0.240 e. The minimum atomic E-state index is -0.505. The molecule has 0 radical (unpaired) electrons. The molecule has 0 spiro atoms. The number of hydrogen-bond acceptors (Lipinski definition) is 2. The topological polar surface area (TPSA) is 55.1 Å². The van der Waals surface area contributed by atoms with Crippen LogP contribution in [0.25, 0.3) is 0 Å². The number of nitrogens with one attached hydrogen (secondary N) is 1. The summed E-state index contributed by atoms with van der Waals surface area (Å²) in [6, 6.07) is 0. The summed E-state index contributed by atoms with van der Waals surface area (Å²) in [5, 5.41) is 2.92. The number of carbonyl (C=O) groups is 1. The first kappa shape index (κ1) is 10.8. The van der Waals surface area contributed by atoms with Gasteiger partial charge in [0.25, 0.3) is 0 Å². The zero-order valence-electron chi connectivity index (χ0n) is 7.71. The standard InChI is InChI=1S/C9H16N2O.ClH/c10-9(4-1-5-9)8(12)11-6-7-2-3-7;/h7H,1-6,10H2,(H,11,12);1H. The molecule has 0 atom stereocenters. The molecule has 3 nitrogen and oxygen atoms in total. The van der Waals surface area contributed by atoms with Crippen molar-refractivity contribution in [2.45, 2.75) is 37.6 Å². The molecule has 4 heteroatoms. The minimum absolute atomic E-state index is 0. The maximum atomic E-state index is 11.4. The molecular formula is C9H17ClN2O. The van der Waals surface area contributed by atoms with Crippen molar-refractivity contribution in [2.24, 2.45) is 11.7 Å². The van der Waals surface area contributed by atoms with Crippen molar-refractivity contribution in [3.63, 3.8) is 0 Å². The molecular weight excluding hydrogens is 188 g/mol. The molecule has 3 N–H and O–H groups in total. The van der Waals surface area contributed by atoms with E-state index < -0.39 is 5.54 Å². The molecule has 76 valence electrons. The molecule has 0 aromatic heterocycles. The van der Waals surface area contributed by atoms with E-state index in [1.807, 2.05) is 0 Å². The number of nitrogens with two attached hydrogens (primary N) is 1. The van der Waals surface area contributed by atoms with Crippen LogP contribution >= 0.6 is 12.4 Å². The lowest BCUT2D eigenvalue weighted by molar-refractivity contribution is -0.129. The SMILES string of the molecule is Cl.NC1(C(=O)NCC2CC2)CCC1. The fourth-order valence-corrected chi connectivity index (χ4v) is 1.52. The van der Waals surface area contributed by atoms with Crippen LogP contribution in [-0.4, -0.2) is 18.0 Å². The Morgan fingerprint density at radius 1 is 1.46 bits per heavy atom. The first-order chi connectivity index (χ1) is 5.71. The van der Waals surface area contributed by atoms with Gasteiger partial charge < -0.3 is 11.1 Å². The number of hydrogen-bond donors (Lipinski definition) is 2. The molecule has 0 aromatic carbocycles. The third-order valence-corrected chi connectivity index (χ3v) is 2.95. The van der Waals surface area contributed by atoms with Gasteiger partial charge in [-0.2, -0.15) is 0 Å². The zero-order chi connectivity index (χ0) is 8.60. The lowest BCUT2D eigenvalue weighted by Crippen LogP contribution is -2.58. The van der Waals surface area contributed by atoms with Gasteiger partial charge in [-0.05, 0) is 38.0 Å². The Hall–Kier alpha value is -0.280. The van der Waals surface area contributed by atoms with Crippen LogP contribution < -0.4 is 11.1 Å². The lowest BCUT2D eigenvalue weighted by Gasteiger charge is -2.36. The summed E-state index contributed by atoms with van der Waals surface area (Å²) in [6.45, 7) is 0.845. The summed E-state index contributed by atoms with van der Waals surface area (Å²) < 4.78 is 0. The monoisotopic (exact) mass is 204 g/mol. The van der Waals surface area contributed by atoms with Crippen LogP contribution in [0.5, 0.6) is 0 Å². The Bertz CT molecular complexity index is 200. The summed E-state index contributed by atoms with van der Waals surface area (Å²) >= 11 is 0. The van der Waals surface area contributed by atoms with Crippen molar-refractivity contribution in [3.05, 3.63) is 0 Å². The van der Waals surface area contributed by atoms with E-state index in [0.29, 0.717) is 0 Å². The van der Waals surface area contributed by atoms with Gasteiger partial charge in [-0.25, -0.2) is 0 Å². The average molecular weight is 205 g/mol. The molecule has 0 aromatic rings. The second-order valence-corrected chi connectivity index (χ2v) is 4.16. The van der Waals surface area contributed by atoms with Gasteiger partial charge in [0.05, 0.1) is 5.54 Å². The summed E-state index contributed by atoms with van der Waals surface area (Å²) in [5.74, 6) is 0.818. The molecule has 2 aliphatic rings. The number of carbonyl (C=O) groups excluding carboxylic acids is 1. The van der Waals surface area contributed by atoms with Crippen LogP contribution in [-0.2, 0) is 4.79 Å². The van der Waals surface area contributed by atoms with Gasteiger partial charge in [0.1, 0.15) is 0 Å². The molecule has 0 unspecified atom stereocenters. The third kappa shape index (κ3) is 2.35. The molecule has 2 saturated carbocycles. The Balaban J connectivity index is 0.000000845. The van der Waals surface area contributed by atoms with E-state index in [1.54, 1.807) is 0 Å². The predicted octanol–water partition coefficient (Wildman–Crippen LogP) is 0.816. The van der Waals surface area contributed by atoms with Crippen LogP contribution in [0.3, 0.4) is 0 Å². The molecule has 0 aliphatic heterocycles. The lowest BCUT2D eigenvalue weighted by atomic mass is 9.77. The Kier molecular flexibility index (Phi) is 3.19. The fraction of sp³-hybridized carbons (Fsp3) is 0.889. The maximum Gasteiger partial charge on any atom is 0.240 e. The van der Waals surface area contributed by atoms with Crippen molar-refractivity contribution in [1.82, 2.24) is 5.32 Å². The normalized spacial score (nSPS) is 24.1. The van der Waals surface area contributed by atoms with Crippen LogP contribution in [0.1, 0.15) is 32.1 Å². The van der Waals surface area contributed by atoms with Gasteiger partial charge in [-0.3, -0.25) is 4.79 Å². The van der Waals surface area contributed by atoms with Gasteiger partial charge in [-0.15, -0.1) is 12.4 Å². The van der Waals surface area contributed by atoms with E-state index in [0.717, 1.165) is 31.7 Å². The fourth-order valence-electron chi connectivity index (χ4n) is 1.52. The van der Waals surface area contributed by atoms with E-state index >= 15 is 0 Å². The predicted molar refractivity (Wildman–Crippen MR) is 53.8 cm³/mol. The highest BCUT2D eigenvalue weighted by Gasteiger charge is 2.40. The highest BCUT2D eigenvalue weighted by molar-refractivity contribution is 5.87. The summed E-state index contributed by atoms with van der Waals surface area (Å²) in [5.41, 5.74) is 5.34. The molecule has 1 amide bonds. The second kappa shape index (κ2) is 3.84. The van der Waals surface area contributed by atoms with Gasteiger partial charge >= 0.3 is 0 Å². The van der Waals surface area contributed by atoms with Gasteiger partial charge in [0.15, 0.2) is 0 Å². The largest absolute Gasteiger partial charge is 0.354 e. The van der Waals surface area contributed by atoms with Gasteiger partial charge in [-0.1, -0.05) is 0 Å². The highest BCUT2D eigenvalue weighted by atomic mass is 35.5. The molecule has 2 rings (SSSR count). The van der Waals surface area contributed by atoms with Crippen molar-refractivity contribution < 1.29 is 4.79 Å². The molecule has 0 saturated heterocycles. The van der Waals surface area contributed by atoms with Gasteiger partial charge in [0, 0.05) is 6.54 Å². The average Bonchev–Trinajstić information content (AvgIpc) is 2.78. The zero-order valence-corrected chi connectivity index (χ0v) is 8.53. The first-order valence-corrected chi connectivity index (χ1v) is 4.78. The summed E-state index contributed by atoms with van der Waals surface area (Å²) in [4.78, 5) is 11.4. The van der Waals surface area contributed by atoms with Crippen molar-refractivity contribution in [1.29, 1.82) is 0 Å². The second-order valence-electron chi connectivity index (χ2n) is 4.16. The van der Waals surface area contributed by atoms with E-state index in [1.165, 1.54) is 12.8 Å². The number of halogens is 1. The Morgan fingerprint density at radius 2 is 2.08 bits per heavy atom.